The molecule has 10 rings (SSSR count). The Labute approximate surface area is 532 Å². The summed E-state index contributed by atoms with van der Waals surface area (Å²) in [6.07, 6.45) is 15.0. The van der Waals surface area contributed by atoms with Gasteiger partial charge in [0.05, 0.1) is 23.5 Å². The molecule has 0 bridgehead atoms. The number of sulfonamides is 2. The maximum absolute atomic E-state index is 12.8. The summed E-state index contributed by atoms with van der Waals surface area (Å²) < 4.78 is 114. The van der Waals surface area contributed by atoms with Gasteiger partial charge in [-0.3, -0.25) is 0 Å². The molecule has 7 N–H and O–H groups in total. The van der Waals surface area contributed by atoms with Crippen molar-refractivity contribution in [3.63, 3.8) is 0 Å². The summed E-state index contributed by atoms with van der Waals surface area (Å²) in [6.45, 7) is 8.15. The van der Waals surface area contributed by atoms with Gasteiger partial charge in [-0.25, -0.2) is 50.9 Å². The number of anilines is 4. The molecule has 4 fully saturated rings. The Kier molecular flexibility index (Phi) is 23.2. The largest absolute Gasteiger partial charge is 0.443 e. The zero-order chi connectivity index (χ0) is 59.9. The third kappa shape index (κ3) is 18.5. The molecule has 0 unspecified atom stereocenters. The quantitative estimate of drug-likeness (QED) is 0.0643. The predicted octanol–water partition coefficient (Wildman–Crippen LogP) is 5.99. The van der Waals surface area contributed by atoms with Crippen molar-refractivity contribution in [2.24, 2.45) is 5.14 Å². The minimum atomic E-state index is -4.03. The van der Waals surface area contributed by atoms with Gasteiger partial charge in [0.1, 0.15) is 17.2 Å². The van der Waals surface area contributed by atoms with Crippen LogP contribution >= 0.6 is 61.2 Å². The van der Waals surface area contributed by atoms with Crippen LogP contribution in [0.15, 0.2) is 85.5 Å². The number of nitrogens with one attached hydrogen (secondary N) is 5. The molecule has 2 saturated carbocycles. The Morgan fingerprint density at radius 2 is 0.952 bits per heavy atom. The lowest BCUT2D eigenvalue weighted by atomic mass is 9.92. The van der Waals surface area contributed by atoms with Gasteiger partial charge in [-0.15, -0.1) is 24.0 Å². The van der Waals surface area contributed by atoms with Gasteiger partial charge in [0.25, 0.3) is 10.2 Å². The average molecular weight is 1580 g/mol. The number of piperazine rings is 2. The second kappa shape index (κ2) is 28.8. The molecule has 0 spiro atoms. The summed E-state index contributed by atoms with van der Waals surface area (Å²) in [7, 11) is -14.1. The molecule has 6 aromatic rings. The molecule has 1 amide bonds. The number of nitrogens with zero attached hydrogens (tertiary/aromatic N) is 10. The van der Waals surface area contributed by atoms with Crippen LogP contribution in [0.5, 0.6) is 0 Å². The Morgan fingerprint density at radius 1 is 0.571 bits per heavy atom. The van der Waals surface area contributed by atoms with E-state index in [9.17, 15) is 38.5 Å². The highest BCUT2D eigenvalue weighted by Gasteiger charge is 2.32. The van der Waals surface area contributed by atoms with Gasteiger partial charge in [0.2, 0.25) is 31.9 Å². The maximum atomic E-state index is 12.8. The number of halogens is 3. The highest BCUT2D eigenvalue weighted by molar-refractivity contribution is 15.0. The second-order valence-electron chi connectivity index (χ2n) is 21.9. The first-order valence-electron chi connectivity index (χ1n) is 27.0. The number of hydrogen-bond donors (Lipinski definition) is 6. The van der Waals surface area contributed by atoms with Crippen LogP contribution in [0.3, 0.4) is 0 Å². The molecule has 4 aliphatic rings. The van der Waals surface area contributed by atoms with Crippen LogP contribution in [-0.2, 0) is 45.2 Å². The lowest BCUT2D eigenvalue weighted by Gasteiger charge is -2.35. The molecule has 2 saturated heterocycles. The number of ether oxygens (including phenoxy) is 1. The van der Waals surface area contributed by atoms with E-state index in [2.05, 4.69) is 77.1 Å². The van der Waals surface area contributed by atoms with Crippen molar-refractivity contribution in [1.29, 1.82) is 0 Å². The molecular formula is C51H73I3N16O10S4. The van der Waals surface area contributed by atoms with E-state index in [0.717, 1.165) is 90.4 Å². The molecule has 6 heterocycles. The van der Waals surface area contributed by atoms with E-state index in [1.807, 2.05) is 86.9 Å². The summed E-state index contributed by atoms with van der Waals surface area (Å²) in [5.74, 6) is 2.48. The van der Waals surface area contributed by atoms with E-state index in [0.29, 0.717) is 57.0 Å². The maximum Gasteiger partial charge on any atom is 0.422 e. The van der Waals surface area contributed by atoms with Crippen LogP contribution < -0.4 is 39.7 Å². The van der Waals surface area contributed by atoms with E-state index < -0.39 is 52.2 Å². The number of carbonyl (C=O) groups excluding carboxylic acids is 1. The highest BCUT2D eigenvalue weighted by atomic mass is 128. The minimum Gasteiger partial charge on any atom is -0.443 e. The van der Waals surface area contributed by atoms with Gasteiger partial charge in [-0.1, -0.05) is 12.1 Å². The van der Waals surface area contributed by atoms with Crippen molar-refractivity contribution in [2.75, 3.05) is 85.3 Å². The zero-order valence-electron chi connectivity index (χ0n) is 47.1. The topological polar surface area (TPSA) is 323 Å². The third-order valence-corrected chi connectivity index (χ3v) is 18.6. The highest BCUT2D eigenvalue weighted by Crippen LogP contribution is 2.33. The lowest BCUT2D eigenvalue weighted by Crippen LogP contribution is -2.53. The molecule has 0 atom stereocenters. The van der Waals surface area contributed by atoms with Crippen molar-refractivity contribution in [2.45, 2.75) is 102 Å². The van der Waals surface area contributed by atoms with Crippen molar-refractivity contribution >= 4 is 153 Å². The van der Waals surface area contributed by atoms with Crippen LogP contribution in [0.4, 0.5) is 28.1 Å². The normalized spacial score (nSPS) is 20.4. The van der Waals surface area contributed by atoms with E-state index >= 15 is 0 Å². The van der Waals surface area contributed by atoms with Gasteiger partial charge in [-0.2, -0.15) is 35.4 Å². The Balaban J connectivity index is 0.000000235. The fourth-order valence-corrected chi connectivity index (χ4v) is 14.2. The number of amides is 1. The zero-order valence-corrected chi connectivity index (χ0v) is 57.0. The number of aromatic nitrogens is 6. The molecule has 2 aliphatic carbocycles. The molecule has 2 aliphatic heterocycles. The van der Waals surface area contributed by atoms with Crippen molar-refractivity contribution in [3.8, 4) is 11.6 Å². The van der Waals surface area contributed by atoms with Crippen LogP contribution in [-0.4, -0.2) is 172 Å². The number of rotatable bonds is 15. The molecule has 2 aromatic carbocycles. The van der Waals surface area contributed by atoms with Gasteiger partial charge < -0.3 is 34.3 Å². The minimum absolute atomic E-state index is 0. The summed E-state index contributed by atoms with van der Waals surface area (Å²) in [4.78, 5) is 34.7. The van der Waals surface area contributed by atoms with Gasteiger partial charge in [0.15, 0.2) is 0 Å². The van der Waals surface area contributed by atoms with Crippen molar-refractivity contribution < 1.29 is 43.2 Å². The predicted molar refractivity (Wildman–Crippen MR) is 355 cm³/mol. The van der Waals surface area contributed by atoms with Gasteiger partial charge in [0, 0.05) is 161 Å². The molecule has 84 heavy (non-hydrogen) atoms. The van der Waals surface area contributed by atoms with Crippen LogP contribution in [0, 0.1) is 0 Å². The first-order chi connectivity index (χ1) is 39.2. The molecule has 33 heteroatoms. The fraction of sp³-hybridized carbons (Fsp3) is 0.510. The number of fused-ring (bicyclic) bond motifs is 2. The Hall–Kier alpha value is -4.06. The summed E-state index contributed by atoms with van der Waals surface area (Å²) in [5, 5.41) is 14.2. The van der Waals surface area contributed by atoms with Crippen molar-refractivity contribution in [3.05, 3.63) is 85.5 Å². The van der Waals surface area contributed by atoms with Gasteiger partial charge >= 0.3 is 16.3 Å². The first-order valence-corrected chi connectivity index (χ1v) is 40.0. The molecule has 462 valence electrons. The van der Waals surface area contributed by atoms with Crippen LogP contribution in [0.25, 0.3) is 33.4 Å². The Morgan fingerprint density at radius 3 is 1.32 bits per heavy atom. The lowest BCUT2D eigenvalue weighted by molar-refractivity contribution is 0.0566. The molecule has 0 radical (unpaired) electrons. The Bertz CT molecular complexity index is 3680. The molecule has 26 nitrogen and oxygen atoms in total. The monoisotopic (exact) mass is 1580 g/mol. The average Bonchev–Trinajstić information content (AvgIpc) is 2.15. The van der Waals surface area contributed by atoms with Crippen LogP contribution in [0.1, 0.15) is 72.1 Å². The van der Waals surface area contributed by atoms with Gasteiger partial charge in [-0.05, 0) is 121 Å². The standard InChI is InChI=1S/C28H40N8O6S2.C23H32N8O4S2.I2.HI/c1-28(2,3)42-27(37)33-44(40,41)35-18-16-34(17-19-35)23-6-5-7-24-22(23)13-15-36(24)25-12-14-29-26(31-25)30-20-8-10-21(11-9-20)32-43(4,38)39;1-36(32,33)28-18-7-5-17(6-8-18)26-23-25-11-9-22(27-23)31-12-10-19-20(3-2-4-21(19)31)29-13-15-30(16-14-29)37(24,34)35;1-2;/h5-7,12-15,20-21,32H,8-11,16-19H2,1-4H3,(H,33,37)(H,29,30,31);2-4,9-12,17-18,28H,5-8,13-16H2,1H3,(H2,24,34,35)(H,25,26,27);;1H. The smallest absolute Gasteiger partial charge is 0.422 e. The number of carbonyl (C=O) groups is 1. The number of hydrogen-bond acceptors (Lipinski definition) is 18. The van der Waals surface area contributed by atoms with Crippen LogP contribution in [0.2, 0.25) is 0 Å². The van der Waals surface area contributed by atoms with E-state index in [4.69, 9.17) is 19.8 Å². The molecular weight excluding hydrogens is 1510 g/mol. The second-order valence-corrected chi connectivity index (χ2v) is 28.6. The van der Waals surface area contributed by atoms with E-state index in [-0.39, 0.29) is 61.2 Å². The SMILES string of the molecule is CC(C)(C)OC(=O)NS(=O)(=O)N1CCN(c2cccc3c2ccn3-c2ccnc(NC3CCC(NS(C)(=O)=O)CC3)n2)CC1.CS(=O)(=O)NC1CCC(Nc2nccc(-n3ccc4c(N5CCN(S(N)(=O)=O)CC5)cccc43)n2)CC1.I.II. The van der Waals surface area contributed by atoms with E-state index in [1.54, 1.807) is 33.2 Å². The summed E-state index contributed by atoms with van der Waals surface area (Å²) in [5.41, 5.74) is 3.14. The third-order valence-electron chi connectivity index (χ3n) is 14.5. The summed E-state index contributed by atoms with van der Waals surface area (Å²) >= 11 is 4.24. The fourth-order valence-electron chi connectivity index (χ4n) is 10.9. The number of benzene rings is 2. The summed E-state index contributed by atoms with van der Waals surface area (Å²) in [6, 6.07) is 20.1. The van der Waals surface area contributed by atoms with E-state index in [1.165, 1.54) is 21.1 Å². The first kappa shape index (κ1) is 67.4. The van der Waals surface area contributed by atoms with Crippen molar-refractivity contribution in [1.82, 2.24) is 51.8 Å². The molecule has 4 aromatic heterocycles. The number of nitrogens with two attached hydrogens (primary N) is 1.